The topological polar surface area (TPSA) is 125 Å². The molecule has 1 rings (SSSR count). The van der Waals surface area contributed by atoms with Gasteiger partial charge in [0.2, 0.25) is 10.0 Å². The Balaban J connectivity index is 3.03. The molecule has 0 spiro atoms. The molecule has 0 aliphatic carbocycles. The first-order valence-electron chi connectivity index (χ1n) is 11.3. The molecule has 11 heteroatoms. The molecule has 0 fully saturated rings. The molecule has 34 heavy (non-hydrogen) atoms. The lowest BCUT2D eigenvalue weighted by Gasteiger charge is -2.39. The van der Waals surface area contributed by atoms with Crippen LogP contribution in [0.3, 0.4) is 0 Å². The van der Waals surface area contributed by atoms with Gasteiger partial charge in [-0.25, -0.2) is 13.2 Å². The van der Waals surface area contributed by atoms with Gasteiger partial charge in [-0.05, 0) is 61.2 Å². The number of benzene rings is 1. The zero-order chi connectivity index (χ0) is 26.5. The molecule has 2 atom stereocenters. The van der Waals surface area contributed by atoms with E-state index < -0.39 is 42.1 Å². The summed E-state index contributed by atoms with van der Waals surface area (Å²) in [6.07, 6.45) is -3.42. The molecule has 1 aromatic carbocycles. The number of ether oxygens (including phenoxy) is 1. The van der Waals surface area contributed by atoms with Crippen LogP contribution in [-0.2, 0) is 14.4 Å². The van der Waals surface area contributed by atoms with E-state index in [1.54, 1.807) is 0 Å². The van der Waals surface area contributed by atoms with E-state index in [2.05, 4.69) is 38.6 Å². The third kappa shape index (κ3) is 8.53. The van der Waals surface area contributed by atoms with Crippen molar-refractivity contribution in [2.75, 3.05) is 20.3 Å². The molecular weight excluding hydrogens is 476 g/mol. The number of sulfonamides is 1. The van der Waals surface area contributed by atoms with Gasteiger partial charge in [0.05, 0.1) is 18.1 Å². The SMILES string of the molecule is COc1ccc(S(=O)(=O)NC(C(C)O)N(CC(C)(C)CCO[Si](C)(C)C(C)(C)C)C(=O)O)cc1. The van der Waals surface area contributed by atoms with Crippen LogP contribution < -0.4 is 9.46 Å². The molecule has 1 aromatic rings. The van der Waals surface area contributed by atoms with Gasteiger partial charge < -0.3 is 19.4 Å². The Morgan fingerprint density at radius 2 is 1.68 bits per heavy atom. The van der Waals surface area contributed by atoms with Crippen molar-refractivity contribution in [3.8, 4) is 5.75 Å². The molecule has 0 aliphatic rings. The van der Waals surface area contributed by atoms with E-state index in [9.17, 15) is 23.4 Å². The highest BCUT2D eigenvalue weighted by atomic mass is 32.2. The second-order valence-corrected chi connectivity index (χ2v) is 17.4. The smallest absolute Gasteiger partial charge is 0.408 e. The molecule has 2 unspecified atom stereocenters. The van der Waals surface area contributed by atoms with Gasteiger partial charge in [0, 0.05) is 13.2 Å². The Hall–Kier alpha value is -1.66. The van der Waals surface area contributed by atoms with Crippen LogP contribution in [0.15, 0.2) is 29.2 Å². The van der Waals surface area contributed by atoms with Crippen molar-refractivity contribution in [3.05, 3.63) is 24.3 Å². The number of amides is 1. The minimum atomic E-state index is -4.11. The van der Waals surface area contributed by atoms with E-state index in [0.717, 1.165) is 4.90 Å². The Morgan fingerprint density at radius 1 is 1.15 bits per heavy atom. The third-order valence-corrected chi connectivity index (χ3v) is 12.3. The molecule has 0 saturated heterocycles. The molecule has 0 aliphatic heterocycles. The number of carbonyl (C=O) groups is 1. The maximum atomic E-state index is 12.9. The predicted octanol–water partition coefficient (Wildman–Crippen LogP) is 4.10. The van der Waals surface area contributed by atoms with Gasteiger partial charge in [-0.15, -0.1) is 0 Å². The van der Waals surface area contributed by atoms with Crippen LogP contribution in [-0.4, -0.2) is 70.5 Å². The highest BCUT2D eigenvalue weighted by molar-refractivity contribution is 7.89. The van der Waals surface area contributed by atoms with Gasteiger partial charge in [-0.1, -0.05) is 34.6 Å². The van der Waals surface area contributed by atoms with Gasteiger partial charge in [0.25, 0.3) is 0 Å². The molecule has 3 N–H and O–H groups in total. The lowest BCUT2D eigenvalue weighted by molar-refractivity contribution is 0.0303. The summed E-state index contributed by atoms with van der Waals surface area (Å²) in [7, 11) is -4.59. The average Bonchev–Trinajstić information content (AvgIpc) is 2.69. The van der Waals surface area contributed by atoms with Crippen molar-refractivity contribution in [2.24, 2.45) is 5.41 Å². The Labute approximate surface area is 205 Å². The summed E-state index contributed by atoms with van der Waals surface area (Å²) in [4.78, 5) is 13.0. The first-order chi connectivity index (χ1) is 15.3. The lowest BCUT2D eigenvalue weighted by atomic mass is 9.89. The molecule has 0 aromatic heterocycles. The number of methoxy groups -OCH3 is 1. The van der Waals surface area contributed by atoms with Gasteiger partial charge in [0.1, 0.15) is 11.9 Å². The van der Waals surface area contributed by atoms with Crippen molar-refractivity contribution in [3.63, 3.8) is 0 Å². The normalized spacial score (nSPS) is 15.0. The fourth-order valence-corrected chi connectivity index (χ4v) is 5.35. The zero-order valence-corrected chi connectivity index (χ0v) is 23.7. The maximum absolute atomic E-state index is 12.9. The van der Waals surface area contributed by atoms with Crippen LogP contribution in [0.25, 0.3) is 0 Å². The number of aliphatic hydroxyl groups is 1. The number of carboxylic acid groups (broad SMARTS) is 1. The number of aliphatic hydroxyl groups excluding tert-OH is 1. The zero-order valence-electron chi connectivity index (χ0n) is 21.9. The van der Waals surface area contributed by atoms with E-state index in [0.29, 0.717) is 18.8 Å². The third-order valence-electron chi connectivity index (χ3n) is 6.33. The standard InChI is InChI=1S/C23H42N2O7SSi/c1-17(26)20(24-33(29,30)19-12-10-18(31-7)11-13-19)25(21(27)28)16-23(5,6)14-15-32-34(8,9)22(2,3)4/h10-13,17,20,24,26H,14-16H2,1-9H3,(H,27,28). The number of nitrogens with one attached hydrogen (secondary N) is 1. The lowest BCUT2D eigenvalue weighted by Crippen LogP contribution is -2.57. The summed E-state index contributed by atoms with van der Waals surface area (Å²) in [5, 5.41) is 20.3. The van der Waals surface area contributed by atoms with E-state index in [1.165, 1.54) is 38.3 Å². The summed E-state index contributed by atoms with van der Waals surface area (Å²) in [6.45, 7) is 16.4. The second-order valence-electron chi connectivity index (χ2n) is 10.9. The molecule has 0 radical (unpaired) electrons. The van der Waals surface area contributed by atoms with Crippen LogP contribution in [0.1, 0.15) is 48.0 Å². The highest BCUT2D eigenvalue weighted by Gasteiger charge is 2.39. The maximum Gasteiger partial charge on any atom is 0.408 e. The minimum Gasteiger partial charge on any atom is -0.497 e. The molecule has 9 nitrogen and oxygen atoms in total. The van der Waals surface area contributed by atoms with Crippen molar-refractivity contribution in [1.82, 2.24) is 9.62 Å². The fraction of sp³-hybridized carbons (Fsp3) is 0.696. The molecule has 196 valence electrons. The quantitative estimate of drug-likeness (QED) is 0.281. The molecule has 0 bridgehead atoms. The largest absolute Gasteiger partial charge is 0.497 e. The first kappa shape index (κ1) is 30.4. The Kier molecular flexibility index (Phi) is 10.2. The summed E-state index contributed by atoms with van der Waals surface area (Å²) in [5.74, 6) is 0.486. The molecule has 1 amide bonds. The van der Waals surface area contributed by atoms with Crippen molar-refractivity contribution in [2.45, 2.75) is 83.3 Å². The summed E-state index contributed by atoms with van der Waals surface area (Å²) >= 11 is 0. The van der Waals surface area contributed by atoms with E-state index in [-0.39, 0.29) is 16.5 Å². The van der Waals surface area contributed by atoms with Crippen molar-refractivity contribution >= 4 is 24.4 Å². The van der Waals surface area contributed by atoms with E-state index in [4.69, 9.17) is 9.16 Å². The fourth-order valence-electron chi connectivity index (χ4n) is 3.03. The van der Waals surface area contributed by atoms with Gasteiger partial charge >= 0.3 is 6.09 Å². The van der Waals surface area contributed by atoms with Crippen LogP contribution in [0.5, 0.6) is 5.75 Å². The van der Waals surface area contributed by atoms with Gasteiger partial charge in [0.15, 0.2) is 8.32 Å². The van der Waals surface area contributed by atoms with Crippen LogP contribution in [0.4, 0.5) is 4.79 Å². The highest BCUT2D eigenvalue weighted by Crippen LogP contribution is 2.37. The number of nitrogens with zero attached hydrogens (tertiary/aromatic N) is 1. The number of rotatable bonds is 12. The van der Waals surface area contributed by atoms with Crippen LogP contribution in [0, 0.1) is 5.41 Å². The predicted molar refractivity (Wildman–Crippen MR) is 135 cm³/mol. The van der Waals surface area contributed by atoms with Crippen molar-refractivity contribution < 1.29 is 32.6 Å². The first-order valence-corrected chi connectivity index (χ1v) is 15.7. The minimum absolute atomic E-state index is 0.00386. The Bertz CT molecular complexity index is 910. The summed E-state index contributed by atoms with van der Waals surface area (Å²) < 4.78 is 39.5. The number of hydrogen-bond donors (Lipinski definition) is 3. The van der Waals surface area contributed by atoms with Crippen molar-refractivity contribution in [1.29, 1.82) is 0 Å². The van der Waals surface area contributed by atoms with Gasteiger partial charge in [-0.3, -0.25) is 4.90 Å². The molecule has 0 heterocycles. The van der Waals surface area contributed by atoms with E-state index in [1.807, 2.05) is 13.8 Å². The van der Waals surface area contributed by atoms with Crippen LogP contribution >= 0.6 is 0 Å². The summed E-state index contributed by atoms with van der Waals surface area (Å²) in [5.41, 5.74) is -0.528. The monoisotopic (exact) mass is 518 g/mol. The number of hydrogen-bond acceptors (Lipinski definition) is 6. The van der Waals surface area contributed by atoms with Crippen LogP contribution in [0.2, 0.25) is 18.1 Å². The van der Waals surface area contributed by atoms with Gasteiger partial charge in [-0.2, -0.15) is 4.72 Å². The average molecular weight is 519 g/mol. The second kappa shape index (κ2) is 11.4. The Morgan fingerprint density at radius 3 is 2.09 bits per heavy atom. The summed E-state index contributed by atoms with van der Waals surface area (Å²) in [6, 6.07) is 5.69. The molecule has 0 saturated carbocycles. The van der Waals surface area contributed by atoms with E-state index >= 15 is 0 Å². The molecular formula is C23H42N2O7SSi.